The van der Waals surface area contributed by atoms with Crippen molar-refractivity contribution >= 4 is 5.91 Å². The van der Waals surface area contributed by atoms with E-state index in [1.54, 1.807) is 6.20 Å². The van der Waals surface area contributed by atoms with Crippen LogP contribution in [-0.2, 0) is 6.54 Å². The van der Waals surface area contributed by atoms with Gasteiger partial charge in [-0.05, 0) is 44.2 Å². The summed E-state index contributed by atoms with van der Waals surface area (Å²) in [5.41, 5.74) is 2.46. The highest BCUT2D eigenvalue weighted by Crippen LogP contribution is 2.19. The molecular weight excluding hydrogens is 274 g/mol. The van der Waals surface area contributed by atoms with Crippen LogP contribution in [0.2, 0.25) is 0 Å². The van der Waals surface area contributed by atoms with Crippen molar-refractivity contribution < 1.29 is 4.79 Å². The van der Waals surface area contributed by atoms with Crippen molar-refractivity contribution in [1.82, 2.24) is 14.5 Å². The number of nitrogens with zero attached hydrogens (tertiary/aromatic N) is 3. The molecule has 4 heteroatoms. The molecule has 1 saturated heterocycles. The first-order chi connectivity index (χ1) is 10.7. The standard InChI is InChI=1S/C18H23N3O/c1-14-7-3-4-9-16(14)13-20-12-10-19-17(20)18(22)21-11-6-5-8-15(21)2/h3-4,7,9-10,12,15H,5-6,8,11,13H2,1-2H3. The van der Waals surface area contributed by atoms with Gasteiger partial charge in [-0.25, -0.2) is 4.98 Å². The van der Waals surface area contributed by atoms with Crippen molar-refractivity contribution in [3.8, 4) is 0 Å². The fourth-order valence-electron chi connectivity index (χ4n) is 3.13. The Morgan fingerprint density at radius 1 is 1.32 bits per heavy atom. The second-order valence-electron chi connectivity index (χ2n) is 6.15. The molecule has 0 bridgehead atoms. The Labute approximate surface area is 131 Å². The number of carbonyl (C=O) groups is 1. The van der Waals surface area contributed by atoms with Gasteiger partial charge in [0, 0.05) is 31.5 Å². The molecule has 0 spiro atoms. The summed E-state index contributed by atoms with van der Waals surface area (Å²) in [6, 6.07) is 8.58. The number of benzene rings is 1. The molecule has 1 unspecified atom stereocenters. The van der Waals surface area contributed by atoms with Gasteiger partial charge in [0.1, 0.15) is 0 Å². The van der Waals surface area contributed by atoms with Crippen molar-refractivity contribution in [1.29, 1.82) is 0 Å². The van der Waals surface area contributed by atoms with E-state index in [1.165, 1.54) is 17.5 Å². The van der Waals surface area contributed by atoms with Crippen LogP contribution in [0.15, 0.2) is 36.7 Å². The van der Waals surface area contributed by atoms with Crippen molar-refractivity contribution in [2.24, 2.45) is 0 Å². The van der Waals surface area contributed by atoms with Crippen LogP contribution in [0.5, 0.6) is 0 Å². The van der Waals surface area contributed by atoms with Gasteiger partial charge in [0.15, 0.2) is 5.82 Å². The minimum absolute atomic E-state index is 0.0609. The number of amides is 1. The van der Waals surface area contributed by atoms with Crippen LogP contribution in [0.1, 0.15) is 47.9 Å². The van der Waals surface area contributed by atoms with Gasteiger partial charge in [0.2, 0.25) is 0 Å². The fourth-order valence-corrected chi connectivity index (χ4v) is 3.13. The second-order valence-corrected chi connectivity index (χ2v) is 6.15. The Bertz CT molecular complexity index is 662. The van der Waals surface area contributed by atoms with Crippen molar-refractivity contribution in [3.05, 3.63) is 53.6 Å². The average Bonchev–Trinajstić information content (AvgIpc) is 2.98. The Kier molecular flexibility index (Phi) is 4.27. The molecule has 1 aromatic carbocycles. The number of rotatable bonds is 3. The van der Waals surface area contributed by atoms with Crippen LogP contribution in [0.4, 0.5) is 0 Å². The minimum Gasteiger partial charge on any atom is -0.333 e. The van der Waals surface area contributed by atoms with E-state index in [1.807, 2.05) is 27.8 Å². The van der Waals surface area contributed by atoms with E-state index in [2.05, 4.69) is 31.0 Å². The molecule has 4 nitrogen and oxygen atoms in total. The van der Waals surface area contributed by atoms with Crippen molar-refractivity contribution in [2.45, 2.75) is 45.7 Å². The summed E-state index contributed by atoms with van der Waals surface area (Å²) in [5.74, 6) is 0.614. The zero-order chi connectivity index (χ0) is 15.5. The number of aromatic nitrogens is 2. The Hall–Kier alpha value is -2.10. The van der Waals surface area contributed by atoms with Crippen LogP contribution < -0.4 is 0 Å². The molecule has 116 valence electrons. The summed E-state index contributed by atoms with van der Waals surface area (Å²) in [6.45, 7) is 5.76. The molecular formula is C18H23N3O. The monoisotopic (exact) mass is 297 g/mol. The van der Waals surface area contributed by atoms with Gasteiger partial charge in [-0.1, -0.05) is 24.3 Å². The van der Waals surface area contributed by atoms with E-state index in [4.69, 9.17) is 0 Å². The number of aryl methyl sites for hydroxylation is 1. The lowest BCUT2D eigenvalue weighted by Gasteiger charge is -2.33. The Balaban J connectivity index is 1.83. The molecule has 1 atom stereocenters. The van der Waals surface area contributed by atoms with E-state index in [0.29, 0.717) is 18.4 Å². The quantitative estimate of drug-likeness (QED) is 0.872. The molecule has 0 radical (unpaired) electrons. The topological polar surface area (TPSA) is 38.1 Å². The first kappa shape index (κ1) is 14.8. The maximum Gasteiger partial charge on any atom is 0.290 e. The number of likely N-dealkylation sites (tertiary alicyclic amines) is 1. The molecule has 2 heterocycles. The average molecular weight is 297 g/mol. The maximum absolute atomic E-state index is 12.8. The lowest BCUT2D eigenvalue weighted by atomic mass is 10.0. The molecule has 0 saturated carbocycles. The number of hydrogen-bond acceptors (Lipinski definition) is 2. The third-order valence-electron chi connectivity index (χ3n) is 4.57. The Morgan fingerprint density at radius 3 is 2.91 bits per heavy atom. The first-order valence-electron chi connectivity index (χ1n) is 8.03. The Morgan fingerprint density at radius 2 is 2.14 bits per heavy atom. The summed E-state index contributed by atoms with van der Waals surface area (Å²) in [4.78, 5) is 19.1. The van der Waals surface area contributed by atoms with Gasteiger partial charge in [-0.2, -0.15) is 0 Å². The van der Waals surface area contributed by atoms with Crippen LogP contribution >= 0.6 is 0 Å². The van der Waals surface area contributed by atoms with Crippen molar-refractivity contribution in [3.63, 3.8) is 0 Å². The molecule has 22 heavy (non-hydrogen) atoms. The van der Waals surface area contributed by atoms with E-state index in [0.717, 1.165) is 19.4 Å². The normalized spacial score (nSPS) is 18.5. The summed E-state index contributed by atoms with van der Waals surface area (Å²) in [5, 5.41) is 0. The summed E-state index contributed by atoms with van der Waals surface area (Å²) >= 11 is 0. The van der Waals surface area contributed by atoms with Crippen LogP contribution in [-0.4, -0.2) is 32.9 Å². The summed E-state index contributed by atoms with van der Waals surface area (Å²) in [7, 11) is 0. The van der Waals surface area contributed by atoms with E-state index < -0.39 is 0 Å². The highest BCUT2D eigenvalue weighted by atomic mass is 16.2. The SMILES string of the molecule is Cc1ccccc1Cn1ccnc1C(=O)N1CCCCC1C. The van der Waals surface area contributed by atoms with E-state index in [-0.39, 0.29) is 5.91 Å². The molecule has 1 aliphatic heterocycles. The third kappa shape index (κ3) is 2.91. The van der Waals surface area contributed by atoms with Gasteiger partial charge in [-0.3, -0.25) is 4.79 Å². The molecule has 0 aliphatic carbocycles. The molecule has 3 rings (SSSR count). The van der Waals surface area contributed by atoms with Crippen LogP contribution in [0.25, 0.3) is 0 Å². The van der Waals surface area contributed by atoms with Gasteiger partial charge in [-0.15, -0.1) is 0 Å². The zero-order valence-corrected chi connectivity index (χ0v) is 13.3. The van der Waals surface area contributed by atoms with Gasteiger partial charge in [0.05, 0.1) is 0 Å². The molecule has 1 fully saturated rings. The first-order valence-corrected chi connectivity index (χ1v) is 8.03. The lowest BCUT2D eigenvalue weighted by molar-refractivity contribution is 0.0618. The number of piperidine rings is 1. The highest BCUT2D eigenvalue weighted by Gasteiger charge is 2.27. The van der Waals surface area contributed by atoms with E-state index in [9.17, 15) is 4.79 Å². The largest absolute Gasteiger partial charge is 0.333 e. The fraction of sp³-hybridized carbons (Fsp3) is 0.444. The number of carbonyl (C=O) groups excluding carboxylic acids is 1. The summed E-state index contributed by atoms with van der Waals surface area (Å²) < 4.78 is 1.96. The summed E-state index contributed by atoms with van der Waals surface area (Å²) in [6.07, 6.45) is 7.01. The predicted octanol–water partition coefficient (Wildman–Crippen LogP) is 3.25. The molecule has 1 amide bonds. The molecule has 1 aliphatic rings. The predicted molar refractivity (Wildman–Crippen MR) is 86.9 cm³/mol. The van der Waals surface area contributed by atoms with Gasteiger partial charge in [0.25, 0.3) is 5.91 Å². The number of imidazole rings is 1. The lowest BCUT2D eigenvalue weighted by Crippen LogP contribution is -2.43. The number of hydrogen-bond donors (Lipinski definition) is 0. The van der Waals surface area contributed by atoms with Crippen LogP contribution in [0.3, 0.4) is 0 Å². The molecule has 1 aromatic heterocycles. The molecule has 0 N–H and O–H groups in total. The van der Waals surface area contributed by atoms with Gasteiger partial charge < -0.3 is 9.47 Å². The smallest absolute Gasteiger partial charge is 0.290 e. The van der Waals surface area contributed by atoms with Crippen molar-refractivity contribution in [2.75, 3.05) is 6.54 Å². The maximum atomic E-state index is 12.8. The minimum atomic E-state index is 0.0609. The van der Waals surface area contributed by atoms with Crippen LogP contribution in [0, 0.1) is 6.92 Å². The zero-order valence-electron chi connectivity index (χ0n) is 13.3. The van der Waals surface area contributed by atoms with Gasteiger partial charge >= 0.3 is 0 Å². The highest BCUT2D eigenvalue weighted by molar-refractivity contribution is 5.91. The van der Waals surface area contributed by atoms with E-state index >= 15 is 0 Å². The molecule has 2 aromatic rings. The third-order valence-corrected chi connectivity index (χ3v) is 4.57. The second kappa shape index (κ2) is 6.34.